The molecule has 0 saturated heterocycles. The zero-order valence-electron chi connectivity index (χ0n) is 7.84. The number of para-hydroxylation sites is 1. The fourth-order valence-corrected chi connectivity index (χ4v) is 1.50. The van der Waals surface area contributed by atoms with Crippen molar-refractivity contribution >= 4 is 12.2 Å². The van der Waals surface area contributed by atoms with E-state index in [2.05, 4.69) is 4.98 Å². The summed E-state index contributed by atoms with van der Waals surface area (Å²) in [5, 5.41) is 0. The number of aromatic nitrogens is 2. The Balaban J connectivity index is 2.63. The second-order valence-electron chi connectivity index (χ2n) is 3.12. The van der Waals surface area contributed by atoms with Gasteiger partial charge in [0, 0.05) is 18.1 Å². The minimum atomic E-state index is 0.585. The van der Waals surface area contributed by atoms with Gasteiger partial charge in [-0.05, 0) is 36.8 Å². The first kappa shape index (κ1) is 9.09. The van der Waals surface area contributed by atoms with Crippen LogP contribution in [-0.4, -0.2) is 9.55 Å². The number of hydrogen-bond donors (Lipinski definition) is 0. The maximum absolute atomic E-state index is 5.15. The van der Waals surface area contributed by atoms with Crippen LogP contribution in [0, 0.1) is 11.7 Å². The lowest BCUT2D eigenvalue weighted by Gasteiger charge is -2.06. The van der Waals surface area contributed by atoms with E-state index in [1.54, 1.807) is 6.20 Å². The van der Waals surface area contributed by atoms with Gasteiger partial charge in [0.05, 0.1) is 0 Å². The van der Waals surface area contributed by atoms with Gasteiger partial charge in [-0.2, -0.15) is 0 Å². The maximum Gasteiger partial charge on any atom is 0.204 e. The molecule has 1 aromatic heterocycles. The van der Waals surface area contributed by atoms with E-state index in [9.17, 15) is 0 Å². The number of aryl methyl sites for hydroxylation is 1. The number of hydrogen-bond acceptors (Lipinski definition) is 2. The molecular formula is C11H10N2S. The molecule has 0 N–H and O–H groups in total. The van der Waals surface area contributed by atoms with Gasteiger partial charge >= 0.3 is 0 Å². The molecule has 0 radical (unpaired) electrons. The third-order valence-corrected chi connectivity index (χ3v) is 2.25. The lowest BCUT2D eigenvalue weighted by atomic mass is 10.3. The van der Waals surface area contributed by atoms with Crippen molar-refractivity contribution in [1.82, 2.24) is 9.55 Å². The van der Waals surface area contributed by atoms with Crippen LogP contribution in [0.5, 0.6) is 0 Å². The summed E-state index contributed by atoms with van der Waals surface area (Å²) in [6, 6.07) is 9.98. The zero-order valence-corrected chi connectivity index (χ0v) is 8.66. The summed E-state index contributed by atoms with van der Waals surface area (Å²) in [6.45, 7) is 2.00. The van der Waals surface area contributed by atoms with Crippen molar-refractivity contribution < 1.29 is 0 Å². The highest BCUT2D eigenvalue weighted by Crippen LogP contribution is 2.07. The highest BCUT2D eigenvalue weighted by Gasteiger charge is 1.96. The molecule has 0 unspecified atom stereocenters. The normalized spacial score (nSPS) is 10.1. The van der Waals surface area contributed by atoms with Crippen molar-refractivity contribution in [1.29, 1.82) is 0 Å². The van der Waals surface area contributed by atoms with Crippen LogP contribution in [0.25, 0.3) is 5.69 Å². The van der Waals surface area contributed by atoms with Crippen LogP contribution >= 0.6 is 12.2 Å². The van der Waals surface area contributed by atoms with Crippen molar-refractivity contribution in [3.05, 3.63) is 53.1 Å². The highest BCUT2D eigenvalue weighted by molar-refractivity contribution is 7.71. The van der Waals surface area contributed by atoms with Gasteiger partial charge in [0.25, 0.3) is 0 Å². The number of rotatable bonds is 1. The Morgan fingerprint density at radius 2 is 1.93 bits per heavy atom. The van der Waals surface area contributed by atoms with Crippen LogP contribution < -0.4 is 0 Å². The van der Waals surface area contributed by atoms with Crippen LogP contribution in [0.3, 0.4) is 0 Å². The fraction of sp³-hybridized carbons (Fsp3) is 0.0909. The lowest BCUT2D eigenvalue weighted by molar-refractivity contribution is 0.940. The first-order valence-corrected chi connectivity index (χ1v) is 4.79. The van der Waals surface area contributed by atoms with Gasteiger partial charge in [-0.3, -0.25) is 4.57 Å². The van der Waals surface area contributed by atoms with Gasteiger partial charge in [-0.15, -0.1) is 0 Å². The third kappa shape index (κ3) is 1.72. The molecule has 14 heavy (non-hydrogen) atoms. The zero-order chi connectivity index (χ0) is 9.97. The molecule has 0 bridgehead atoms. The van der Waals surface area contributed by atoms with Crippen LogP contribution in [0.2, 0.25) is 0 Å². The summed E-state index contributed by atoms with van der Waals surface area (Å²) in [5.74, 6) is 0. The predicted octanol–water partition coefficient (Wildman–Crippen LogP) is 2.91. The van der Waals surface area contributed by atoms with E-state index in [1.165, 1.54) is 0 Å². The molecule has 0 fully saturated rings. The quantitative estimate of drug-likeness (QED) is 0.662. The van der Waals surface area contributed by atoms with Crippen LogP contribution in [0.4, 0.5) is 0 Å². The van der Waals surface area contributed by atoms with Gasteiger partial charge < -0.3 is 0 Å². The molecule has 2 rings (SSSR count). The average Bonchev–Trinajstić information content (AvgIpc) is 2.23. The number of benzene rings is 1. The maximum atomic E-state index is 5.15. The second kappa shape index (κ2) is 3.72. The van der Waals surface area contributed by atoms with E-state index in [0.29, 0.717) is 4.77 Å². The Morgan fingerprint density at radius 1 is 1.21 bits per heavy atom. The average molecular weight is 202 g/mol. The minimum Gasteiger partial charge on any atom is -0.292 e. The van der Waals surface area contributed by atoms with Gasteiger partial charge in [-0.25, -0.2) is 4.98 Å². The molecule has 70 valence electrons. The van der Waals surface area contributed by atoms with Crippen LogP contribution in [-0.2, 0) is 0 Å². The van der Waals surface area contributed by atoms with Gasteiger partial charge in [0.1, 0.15) is 0 Å². The van der Waals surface area contributed by atoms with Gasteiger partial charge in [0.2, 0.25) is 4.77 Å². The van der Waals surface area contributed by atoms with Crippen LogP contribution in [0.15, 0.2) is 42.7 Å². The Bertz CT molecular complexity index is 488. The molecule has 0 spiro atoms. The SMILES string of the molecule is Cc1cnc(=S)n(-c2ccccc2)c1. The summed E-state index contributed by atoms with van der Waals surface area (Å²) in [4.78, 5) is 4.13. The first-order valence-electron chi connectivity index (χ1n) is 4.38. The molecule has 2 nitrogen and oxygen atoms in total. The van der Waals surface area contributed by atoms with Crippen molar-refractivity contribution in [2.24, 2.45) is 0 Å². The van der Waals surface area contributed by atoms with Gasteiger partial charge in [0.15, 0.2) is 0 Å². The number of nitrogens with zero attached hydrogens (tertiary/aromatic N) is 2. The monoisotopic (exact) mass is 202 g/mol. The van der Waals surface area contributed by atoms with E-state index in [1.807, 2.05) is 48.0 Å². The van der Waals surface area contributed by atoms with Gasteiger partial charge in [-0.1, -0.05) is 18.2 Å². The molecule has 1 aromatic carbocycles. The molecule has 2 aromatic rings. The molecule has 3 heteroatoms. The van der Waals surface area contributed by atoms with E-state index in [-0.39, 0.29) is 0 Å². The predicted molar refractivity (Wildman–Crippen MR) is 59.1 cm³/mol. The lowest BCUT2D eigenvalue weighted by Crippen LogP contribution is -1.99. The molecule has 0 aliphatic rings. The molecule has 0 atom stereocenters. The third-order valence-electron chi connectivity index (χ3n) is 1.95. The van der Waals surface area contributed by atoms with E-state index < -0.39 is 0 Å². The fourth-order valence-electron chi connectivity index (χ4n) is 1.28. The summed E-state index contributed by atoms with van der Waals surface area (Å²) in [5.41, 5.74) is 2.15. The van der Waals surface area contributed by atoms with E-state index in [0.717, 1.165) is 11.3 Å². The molecule has 0 saturated carbocycles. The summed E-state index contributed by atoms with van der Waals surface area (Å²) >= 11 is 5.15. The Hall–Kier alpha value is -1.48. The van der Waals surface area contributed by atoms with Crippen molar-refractivity contribution in [2.45, 2.75) is 6.92 Å². The molecule has 1 heterocycles. The van der Waals surface area contributed by atoms with Crippen molar-refractivity contribution in [3.8, 4) is 5.69 Å². The smallest absolute Gasteiger partial charge is 0.204 e. The standard InChI is InChI=1S/C11H10N2S/c1-9-7-12-11(14)13(8-9)10-5-3-2-4-6-10/h2-8H,1H3. The van der Waals surface area contributed by atoms with Crippen LogP contribution in [0.1, 0.15) is 5.56 Å². The second-order valence-corrected chi connectivity index (χ2v) is 3.48. The molecule has 0 aliphatic heterocycles. The topological polar surface area (TPSA) is 17.8 Å². The van der Waals surface area contributed by atoms with E-state index in [4.69, 9.17) is 12.2 Å². The minimum absolute atomic E-state index is 0.585. The Morgan fingerprint density at radius 3 is 2.64 bits per heavy atom. The van der Waals surface area contributed by atoms with Crippen molar-refractivity contribution in [2.75, 3.05) is 0 Å². The molecule has 0 amide bonds. The van der Waals surface area contributed by atoms with Crippen molar-refractivity contribution in [3.63, 3.8) is 0 Å². The molecule has 0 aliphatic carbocycles. The molecular weight excluding hydrogens is 192 g/mol. The summed E-state index contributed by atoms with van der Waals surface area (Å²) in [7, 11) is 0. The van der Waals surface area contributed by atoms with E-state index >= 15 is 0 Å². The Kier molecular flexibility index (Phi) is 2.41. The highest BCUT2D eigenvalue weighted by atomic mass is 32.1. The summed E-state index contributed by atoms with van der Waals surface area (Å²) < 4.78 is 2.49. The summed E-state index contributed by atoms with van der Waals surface area (Å²) in [6.07, 6.45) is 3.77. The Labute approximate surface area is 87.9 Å². The first-order chi connectivity index (χ1) is 6.77. The largest absolute Gasteiger partial charge is 0.292 e.